The minimum Gasteiger partial charge on any atom is -0.438 e. The first-order chi connectivity index (χ1) is 14.4. The second-order valence-electron chi connectivity index (χ2n) is 8.09. The minimum atomic E-state index is -0.745. The van der Waals surface area contributed by atoms with Crippen LogP contribution in [0, 0.1) is 5.41 Å². The van der Waals surface area contributed by atoms with Crippen molar-refractivity contribution in [1.29, 1.82) is 0 Å². The van der Waals surface area contributed by atoms with Gasteiger partial charge in [-0.15, -0.1) is 0 Å². The number of ketones is 2. The van der Waals surface area contributed by atoms with Gasteiger partial charge in [-0.2, -0.15) is 0 Å². The minimum absolute atomic E-state index is 0.0114. The van der Waals surface area contributed by atoms with Crippen LogP contribution in [0.25, 0.3) is 0 Å². The quantitative estimate of drug-likeness (QED) is 0.574. The summed E-state index contributed by atoms with van der Waals surface area (Å²) in [6, 6.07) is 7.02. The molecule has 1 aliphatic heterocycles. The first kappa shape index (κ1) is 21.3. The summed E-state index contributed by atoms with van der Waals surface area (Å²) in [4.78, 5) is 30.4. The lowest BCUT2D eigenvalue weighted by Gasteiger charge is -2.41. The Morgan fingerprint density at radius 2 is 1.83 bits per heavy atom. The van der Waals surface area contributed by atoms with E-state index in [1.54, 1.807) is 18.2 Å². The van der Waals surface area contributed by atoms with Crippen LogP contribution in [0.4, 0.5) is 0 Å². The molecule has 1 aliphatic carbocycles. The zero-order valence-corrected chi connectivity index (χ0v) is 18.3. The Morgan fingerprint density at radius 3 is 2.47 bits per heavy atom. The zero-order valence-electron chi connectivity index (χ0n) is 16.7. The van der Waals surface area contributed by atoms with Gasteiger partial charge in [0.1, 0.15) is 28.3 Å². The highest BCUT2D eigenvalue weighted by Crippen LogP contribution is 2.46. The van der Waals surface area contributed by atoms with Crippen LogP contribution in [-0.4, -0.2) is 29.8 Å². The van der Waals surface area contributed by atoms with Gasteiger partial charge >= 0.3 is 0 Å². The standard InChI is InChI=1S/C23H23Cl2NO4/c1-2-14-3-4-16(30-22-18(25)9-15(24)13-26-22)10-17(14)21-19(27)11-23(12-20(21)28)5-7-29-8-6-23/h3-4,9-10,13,21H,2,5-8,11-12H2,1H3. The predicted octanol–water partition coefficient (Wildman–Crippen LogP) is 5.56. The Labute approximate surface area is 185 Å². The number of ether oxygens (including phenoxy) is 2. The molecule has 5 nitrogen and oxygen atoms in total. The summed E-state index contributed by atoms with van der Waals surface area (Å²) in [5.74, 6) is -0.0690. The number of nitrogens with zero attached hydrogens (tertiary/aromatic N) is 1. The molecule has 4 rings (SSSR count). The first-order valence-corrected chi connectivity index (χ1v) is 10.9. The number of pyridine rings is 1. The van der Waals surface area contributed by atoms with Gasteiger partial charge in [0.25, 0.3) is 0 Å². The van der Waals surface area contributed by atoms with E-state index in [2.05, 4.69) is 4.98 Å². The number of Topliss-reactive ketones (excluding diaryl/α,β-unsaturated/α-hetero) is 2. The van der Waals surface area contributed by atoms with Gasteiger partial charge in [-0.1, -0.05) is 36.2 Å². The van der Waals surface area contributed by atoms with Crippen molar-refractivity contribution in [3.05, 3.63) is 51.6 Å². The highest BCUT2D eigenvalue weighted by Gasteiger charge is 2.46. The van der Waals surface area contributed by atoms with E-state index in [0.717, 1.165) is 24.0 Å². The summed E-state index contributed by atoms with van der Waals surface area (Å²) in [7, 11) is 0. The zero-order chi connectivity index (χ0) is 21.3. The first-order valence-electron chi connectivity index (χ1n) is 10.2. The Kier molecular flexibility index (Phi) is 6.14. The van der Waals surface area contributed by atoms with Crippen LogP contribution in [0.5, 0.6) is 11.6 Å². The second kappa shape index (κ2) is 8.66. The van der Waals surface area contributed by atoms with Crippen molar-refractivity contribution in [3.63, 3.8) is 0 Å². The molecular weight excluding hydrogens is 425 g/mol. The smallest absolute Gasteiger partial charge is 0.238 e. The molecule has 1 aromatic heterocycles. The van der Waals surface area contributed by atoms with Crippen molar-refractivity contribution in [2.45, 2.75) is 44.9 Å². The molecule has 0 amide bonds. The van der Waals surface area contributed by atoms with Crippen molar-refractivity contribution in [3.8, 4) is 11.6 Å². The van der Waals surface area contributed by atoms with Gasteiger partial charge in [-0.05, 0) is 54.0 Å². The van der Waals surface area contributed by atoms with Crippen molar-refractivity contribution >= 4 is 34.8 Å². The average molecular weight is 448 g/mol. The number of carbonyl (C=O) groups is 2. The average Bonchev–Trinajstić information content (AvgIpc) is 2.70. The normalized spacial score (nSPS) is 19.3. The van der Waals surface area contributed by atoms with E-state index < -0.39 is 5.92 Å². The largest absolute Gasteiger partial charge is 0.438 e. The molecule has 0 unspecified atom stereocenters. The van der Waals surface area contributed by atoms with Gasteiger partial charge in [-0.25, -0.2) is 4.98 Å². The Bertz CT molecular complexity index is 965. The number of rotatable bonds is 4. The van der Waals surface area contributed by atoms with Crippen molar-refractivity contribution in [2.75, 3.05) is 13.2 Å². The van der Waals surface area contributed by atoms with Crippen LogP contribution >= 0.6 is 23.2 Å². The van der Waals surface area contributed by atoms with Crippen LogP contribution in [-0.2, 0) is 20.7 Å². The number of benzene rings is 1. The van der Waals surface area contributed by atoms with Crippen LogP contribution < -0.4 is 4.74 Å². The van der Waals surface area contributed by atoms with E-state index in [1.165, 1.54) is 6.20 Å². The van der Waals surface area contributed by atoms with Gasteiger partial charge in [0, 0.05) is 32.3 Å². The van der Waals surface area contributed by atoms with Crippen molar-refractivity contribution < 1.29 is 19.1 Å². The van der Waals surface area contributed by atoms with Gasteiger partial charge in [0.15, 0.2) is 0 Å². The lowest BCUT2D eigenvalue weighted by molar-refractivity contribution is -0.139. The summed E-state index contributed by atoms with van der Waals surface area (Å²) in [6.45, 7) is 3.24. The summed E-state index contributed by atoms with van der Waals surface area (Å²) >= 11 is 12.1. The third-order valence-electron chi connectivity index (χ3n) is 6.09. The fourth-order valence-electron chi connectivity index (χ4n) is 4.51. The topological polar surface area (TPSA) is 65.5 Å². The fourth-order valence-corrected chi connectivity index (χ4v) is 4.92. The van der Waals surface area contributed by atoms with Crippen molar-refractivity contribution in [2.24, 2.45) is 5.41 Å². The number of hydrogen-bond acceptors (Lipinski definition) is 5. The maximum absolute atomic E-state index is 13.2. The van der Waals surface area contributed by atoms with E-state index in [9.17, 15) is 9.59 Å². The summed E-state index contributed by atoms with van der Waals surface area (Å²) < 4.78 is 11.3. The number of hydrogen-bond donors (Lipinski definition) is 0. The summed E-state index contributed by atoms with van der Waals surface area (Å²) in [6.07, 6.45) is 4.54. The molecule has 2 aliphatic rings. The number of aryl methyl sites for hydroxylation is 1. The molecule has 0 radical (unpaired) electrons. The van der Waals surface area contributed by atoms with Gasteiger partial charge in [0.05, 0.1) is 5.02 Å². The molecule has 158 valence electrons. The van der Waals surface area contributed by atoms with E-state index in [4.69, 9.17) is 32.7 Å². The predicted molar refractivity (Wildman–Crippen MR) is 115 cm³/mol. The highest BCUT2D eigenvalue weighted by molar-refractivity contribution is 6.35. The maximum atomic E-state index is 13.2. The highest BCUT2D eigenvalue weighted by atomic mass is 35.5. The molecule has 0 atom stereocenters. The molecule has 2 aromatic rings. The Balaban J connectivity index is 1.63. The van der Waals surface area contributed by atoms with Gasteiger partial charge in [0.2, 0.25) is 5.88 Å². The fraction of sp³-hybridized carbons (Fsp3) is 0.435. The molecule has 2 fully saturated rings. The van der Waals surface area contributed by atoms with E-state index in [0.29, 0.717) is 43.2 Å². The van der Waals surface area contributed by atoms with Crippen LogP contribution in [0.3, 0.4) is 0 Å². The van der Waals surface area contributed by atoms with E-state index >= 15 is 0 Å². The van der Waals surface area contributed by atoms with Crippen molar-refractivity contribution in [1.82, 2.24) is 4.98 Å². The van der Waals surface area contributed by atoms with Crippen LogP contribution in [0.15, 0.2) is 30.5 Å². The molecule has 1 saturated heterocycles. The lowest BCUT2D eigenvalue weighted by Crippen LogP contribution is -2.42. The maximum Gasteiger partial charge on any atom is 0.238 e. The third-order valence-corrected chi connectivity index (χ3v) is 6.57. The molecular formula is C23H23Cl2NO4. The molecule has 0 bridgehead atoms. The monoisotopic (exact) mass is 447 g/mol. The molecule has 7 heteroatoms. The molecule has 1 saturated carbocycles. The van der Waals surface area contributed by atoms with Gasteiger partial charge in [-0.3, -0.25) is 9.59 Å². The second-order valence-corrected chi connectivity index (χ2v) is 8.93. The van der Waals surface area contributed by atoms with E-state index in [1.807, 2.05) is 13.0 Å². The molecule has 2 heterocycles. The summed E-state index contributed by atoms with van der Waals surface area (Å²) in [5.41, 5.74) is 1.45. The van der Waals surface area contributed by atoms with Crippen LogP contribution in [0.1, 0.15) is 49.7 Å². The van der Waals surface area contributed by atoms with Crippen LogP contribution in [0.2, 0.25) is 10.0 Å². The Morgan fingerprint density at radius 1 is 1.13 bits per heavy atom. The van der Waals surface area contributed by atoms with E-state index in [-0.39, 0.29) is 27.9 Å². The number of halogens is 2. The Hall–Kier alpha value is -1.95. The van der Waals surface area contributed by atoms with Gasteiger partial charge < -0.3 is 9.47 Å². The third kappa shape index (κ3) is 4.25. The SMILES string of the molecule is CCc1ccc(Oc2ncc(Cl)cc2Cl)cc1C1C(=O)CC2(CCOCC2)CC1=O. The lowest BCUT2D eigenvalue weighted by atomic mass is 9.63. The molecule has 30 heavy (non-hydrogen) atoms. The number of aromatic nitrogens is 1. The summed E-state index contributed by atoms with van der Waals surface area (Å²) in [5, 5.41) is 0.699. The number of carbonyl (C=O) groups excluding carboxylic acids is 2. The molecule has 1 spiro atoms. The molecule has 1 aromatic carbocycles. The molecule has 0 N–H and O–H groups in total.